The molecule has 1 N–H and O–H groups in total. The molecule has 3 heteroatoms. The molecule has 1 aliphatic carbocycles. The summed E-state index contributed by atoms with van der Waals surface area (Å²) < 4.78 is 5.89. The standard InChI is InChI=1S/C9H7BrO2/c10-7-2-1-6-4-12-5-9(11)8(6)3-7/h1-5,8,11H. The van der Waals surface area contributed by atoms with Gasteiger partial charge in [-0.05, 0) is 6.08 Å². The van der Waals surface area contributed by atoms with Crippen molar-refractivity contribution in [1.29, 1.82) is 0 Å². The number of aliphatic hydroxyl groups is 1. The Morgan fingerprint density at radius 3 is 3.00 bits per heavy atom. The lowest BCUT2D eigenvalue weighted by Gasteiger charge is -2.20. The molecule has 62 valence electrons. The molecule has 0 saturated carbocycles. The average Bonchev–Trinajstić information content (AvgIpc) is 2.07. The number of fused-ring (bicyclic) bond motifs is 1. The van der Waals surface area contributed by atoms with Crippen molar-refractivity contribution in [1.82, 2.24) is 0 Å². The highest BCUT2D eigenvalue weighted by molar-refractivity contribution is 9.11. The molecule has 1 heterocycles. The Balaban J connectivity index is 2.37. The van der Waals surface area contributed by atoms with Crippen molar-refractivity contribution >= 4 is 15.9 Å². The minimum absolute atomic E-state index is 0.0434. The zero-order valence-corrected chi connectivity index (χ0v) is 7.78. The van der Waals surface area contributed by atoms with Crippen LogP contribution in [-0.4, -0.2) is 5.11 Å². The van der Waals surface area contributed by atoms with Crippen LogP contribution in [0.15, 0.2) is 46.6 Å². The predicted octanol–water partition coefficient (Wildman–Crippen LogP) is 2.76. The molecule has 2 nitrogen and oxygen atoms in total. The second-order valence-electron chi connectivity index (χ2n) is 2.66. The Hall–Kier alpha value is -0.960. The molecule has 0 saturated heterocycles. The summed E-state index contributed by atoms with van der Waals surface area (Å²) in [7, 11) is 0. The monoisotopic (exact) mass is 226 g/mol. The van der Waals surface area contributed by atoms with Crippen LogP contribution in [0, 0.1) is 5.92 Å². The van der Waals surface area contributed by atoms with E-state index in [4.69, 9.17) is 4.74 Å². The number of halogens is 1. The first-order valence-corrected chi connectivity index (χ1v) is 4.36. The van der Waals surface area contributed by atoms with Gasteiger partial charge in [-0.15, -0.1) is 0 Å². The van der Waals surface area contributed by atoms with Crippen LogP contribution in [0.4, 0.5) is 0 Å². The van der Waals surface area contributed by atoms with Crippen LogP contribution in [0.5, 0.6) is 0 Å². The molecular formula is C9H7BrO2. The first-order valence-electron chi connectivity index (χ1n) is 3.57. The summed E-state index contributed by atoms with van der Waals surface area (Å²) in [5.74, 6) is 0.201. The van der Waals surface area contributed by atoms with E-state index in [1.54, 1.807) is 6.26 Å². The maximum absolute atomic E-state index is 9.42. The Kier molecular flexibility index (Phi) is 1.81. The van der Waals surface area contributed by atoms with Gasteiger partial charge in [0.2, 0.25) is 0 Å². The van der Waals surface area contributed by atoms with E-state index >= 15 is 0 Å². The van der Waals surface area contributed by atoms with Gasteiger partial charge in [-0.2, -0.15) is 0 Å². The van der Waals surface area contributed by atoms with E-state index in [2.05, 4.69) is 15.9 Å². The van der Waals surface area contributed by atoms with E-state index in [1.807, 2.05) is 18.2 Å². The van der Waals surface area contributed by atoms with Gasteiger partial charge in [-0.3, -0.25) is 0 Å². The maximum atomic E-state index is 9.42. The van der Waals surface area contributed by atoms with Gasteiger partial charge in [0, 0.05) is 10.1 Å². The van der Waals surface area contributed by atoms with Gasteiger partial charge in [0.15, 0.2) is 0 Å². The molecule has 1 aliphatic heterocycles. The van der Waals surface area contributed by atoms with Crippen LogP contribution in [0.3, 0.4) is 0 Å². The van der Waals surface area contributed by atoms with Crippen LogP contribution in [-0.2, 0) is 4.74 Å². The van der Waals surface area contributed by atoms with Crippen molar-refractivity contribution in [3.8, 4) is 0 Å². The summed E-state index contributed by atoms with van der Waals surface area (Å²) in [6.45, 7) is 0. The average molecular weight is 227 g/mol. The highest BCUT2D eigenvalue weighted by Gasteiger charge is 2.21. The summed E-state index contributed by atoms with van der Waals surface area (Å²) in [4.78, 5) is 0. The third kappa shape index (κ3) is 1.20. The summed E-state index contributed by atoms with van der Waals surface area (Å²) in [6.07, 6.45) is 8.75. The fraction of sp³-hybridized carbons (Fsp3) is 0.111. The van der Waals surface area contributed by atoms with Crippen LogP contribution >= 0.6 is 15.9 Å². The first-order chi connectivity index (χ1) is 5.77. The molecule has 0 aromatic heterocycles. The SMILES string of the molecule is OC1=COC=C2C=CC(Br)=CC12. The number of rotatable bonds is 0. The molecule has 0 radical (unpaired) electrons. The zero-order valence-electron chi connectivity index (χ0n) is 6.20. The Labute approximate surface area is 78.7 Å². The Morgan fingerprint density at radius 1 is 1.33 bits per heavy atom. The number of allylic oxidation sites excluding steroid dienone is 4. The van der Waals surface area contributed by atoms with Crippen molar-refractivity contribution in [2.75, 3.05) is 0 Å². The van der Waals surface area contributed by atoms with Gasteiger partial charge in [0.1, 0.15) is 12.0 Å². The molecule has 1 atom stereocenters. The van der Waals surface area contributed by atoms with E-state index in [1.165, 1.54) is 6.26 Å². The van der Waals surface area contributed by atoms with Crippen molar-refractivity contribution in [2.24, 2.45) is 5.92 Å². The summed E-state index contributed by atoms with van der Waals surface area (Å²) in [5, 5.41) is 9.42. The van der Waals surface area contributed by atoms with Crippen molar-refractivity contribution in [3.63, 3.8) is 0 Å². The number of hydrogen-bond acceptors (Lipinski definition) is 2. The summed E-state index contributed by atoms with van der Waals surface area (Å²) in [5.41, 5.74) is 0.971. The molecule has 0 amide bonds. The molecule has 0 bridgehead atoms. The third-order valence-corrected chi connectivity index (χ3v) is 2.36. The Morgan fingerprint density at radius 2 is 2.17 bits per heavy atom. The predicted molar refractivity (Wildman–Crippen MR) is 49.5 cm³/mol. The van der Waals surface area contributed by atoms with Crippen LogP contribution in [0.25, 0.3) is 0 Å². The van der Waals surface area contributed by atoms with Gasteiger partial charge in [-0.1, -0.05) is 28.1 Å². The van der Waals surface area contributed by atoms with Crippen LogP contribution in [0.2, 0.25) is 0 Å². The second-order valence-corrected chi connectivity index (χ2v) is 3.57. The van der Waals surface area contributed by atoms with Crippen LogP contribution in [0.1, 0.15) is 0 Å². The van der Waals surface area contributed by atoms with Crippen molar-refractivity contribution in [3.05, 3.63) is 46.6 Å². The summed E-state index contributed by atoms with van der Waals surface area (Å²) >= 11 is 3.35. The lowest BCUT2D eigenvalue weighted by Crippen LogP contribution is -2.10. The largest absolute Gasteiger partial charge is 0.508 e. The van der Waals surface area contributed by atoms with Gasteiger partial charge in [0.25, 0.3) is 0 Å². The molecule has 2 rings (SSSR count). The van der Waals surface area contributed by atoms with Gasteiger partial charge >= 0.3 is 0 Å². The van der Waals surface area contributed by atoms with E-state index in [-0.39, 0.29) is 11.7 Å². The molecule has 0 aromatic rings. The van der Waals surface area contributed by atoms with Gasteiger partial charge in [-0.25, -0.2) is 0 Å². The molecule has 0 fully saturated rings. The maximum Gasteiger partial charge on any atom is 0.139 e. The topological polar surface area (TPSA) is 29.5 Å². The highest BCUT2D eigenvalue weighted by Crippen LogP contribution is 2.31. The fourth-order valence-corrected chi connectivity index (χ4v) is 1.61. The number of aliphatic hydroxyl groups excluding tert-OH is 1. The Bertz CT molecular complexity index is 321. The lowest BCUT2D eigenvalue weighted by molar-refractivity contribution is 0.291. The smallest absolute Gasteiger partial charge is 0.139 e. The second kappa shape index (κ2) is 2.83. The fourth-order valence-electron chi connectivity index (χ4n) is 1.21. The molecule has 12 heavy (non-hydrogen) atoms. The van der Waals surface area contributed by atoms with E-state index in [0.29, 0.717) is 0 Å². The quantitative estimate of drug-likeness (QED) is 0.689. The molecule has 0 aromatic carbocycles. The van der Waals surface area contributed by atoms with Crippen LogP contribution < -0.4 is 0 Å². The molecule has 2 aliphatic rings. The molecule has 0 spiro atoms. The van der Waals surface area contributed by atoms with Gasteiger partial charge in [0.05, 0.1) is 12.2 Å². The summed E-state index contributed by atoms with van der Waals surface area (Å²) in [6, 6.07) is 0. The number of hydrogen-bond donors (Lipinski definition) is 1. The number of ether oxygens (including phenoxy) is 1. The van der Waals surface area contributed by atoms with Crippen molar-refractivity contribution < 1.29 is 9.84 Å². The minimum atomic E-state index is -0.0434. The normalized spacial score (nSPS) is 26.4. The first kappa shape index (κ1) is 7.68. The van der Waals surface area contributed by atoms with E-state index in [9.17, 15) is 5.11 Å². The highest BCUT2D eigenvalue weighted by atomic mass is 79.9. The van der Waals surface area contributed by atoms with E-state index < -0.39 is 0 Å². The van der Waals surface area contributed by atoms with Crippen molar-refractivity contribution in [2.45, 2.75) is 0 Å². The van der Waals surface area contributed by atoms with Gasteiger partial charge < -0.3 is 9.84 Å². The zero-order chi connectivity index (χ0) is 8.55. The molecule has 1 unspecified atom stereocenters. The minimum Gasteiger partial charge on any atom is -0.508 e. The third-order valence-electron chi connectivity index (χ3n) is 1.83. The van der Waals surface area contributed by atoms with E-state index in [0.717, 1.165) is 10.1 Å². The lowest BCUT2D eigenvalue weighted by atomic mass is 9.93. The molecular weight excluding hydrogens is 220 g/mol.